The van der Waals surface area contributed by atoms with Crippen molar-refractivity contribution < 1.29 is 18.3 Å². The zero-order valence-corrected chi connectivity index (χ0v) is 15.1. The van der Waals surface area contributed by atoms with Crippen LogP contribution in [-0.4, -0.2) is 45.1 Å². The lowest BCUT2D eigenvalue weighted by Gasteiger charge is -2.15. The number of rotatable bonds is 6. The molecule has 3 aromatic rings. The molecular formula is C18H18FN5O3. The van der Waals surface area contributed by atoms with E-state index in [9.17, 15) is 9.18 Å². The Morgan fingerprint density at radius 1 is 1.30 bits per heavy atom. The first-order chi connectivity index (χ1) is 13.0. The van der Waals surface area contributed by atoms with Gasteiger partial charge in [0.2, 0.25) is 17.6 Å². The maximum Gasteiger partial charge on any atom is 0.254 e. The molecule has 1 amide bonds. The summed E-state index contributed by atoms with van der Waals surface area (Å²) < 4.78 is 23.8. The zero-order chi connectivity index (χ0) is 19.4. The van der Waals surface area contributed by atoms with Crippen LogP contribution in [-0.2, 0) is 13.0 Å². The molecule has 0 saturated heterocycles. The molecule has 0 atom stereocenters. The van der Waals surface area contributed by atoms with E-state index in [4.69, 9.17) is 9.15 Å². The molecule has 2 heterocycles. The zero-order valence-electron chi connectivity index (χ0n) is 15.1. The van der Waals surface area contributed by atoms with Crippen LogP contribution in [0.25, 0.3) is 11.4 Å². The lowest BCUT2D eigenvalue weighted by molar-refractivity contribution is 0.0772. The normalized spacial score (nSPS) is 10.7. The number of amides is 1. The molecule has 0 radical (unpaired) electrons. The first-order valence-corrected chi connectivity index (χ1v) is 8.25. The number of carbonyl (C=O) groups is 1. The molecule has 2 aromatic heterocycles. The molecule has 27 heavy (non-hydrogen) atoms. The average molecular weight is 371 g/mol. The van der Waals surface area contributed by atoms with E-state index in [-0.39, 0.29) is 24.2 Å². The third kappa shape index (κ3) is 4.08. The number of aromatic nitrogens is 4. The van der Waals surface area contributed by atoms with Gasteiger partial charge >= 0.3 is 0 Å². The molecule has 0 N–H and O–H groups in total. The summed E-state index contributed by atoms with van der Waals surface area (Å²) in [7, 11) is 2.97. The number of hydrogen-bond acceptors (Lipinski definition) is 7. The second-order valence-corrected chi connectivity index (χ2v) is 5.74. The summed E-state index contributed by atoms with van der Waals surface area (Å²) >= 11 is 0. The smallest absolute Gasteiger partial charge is 0.254 e. The predicted molar refractivity (Wildman–Crippen MR) is 93.5 cm³/mol. The fraction of sp³-hybridized carbons (Fsp3) is 0.278. The Morgan fingerprint density at radius 3 is 2.78 bits per heavy atom. The molecule has 140 valence electrons. The van der Waals surface area contributed by atoms with Crippen molar-refractivity contribution in [3.05, 3.63) is 53.6 Å². The number of hydrogen-bond donors (Lipinski definition) is 0. The molecule has 0 aliphatic heterocycles. The second kappa shape index (κ2) is 7.90. The quantitative estimate of drug-likeness (QED) is 0.657. The van der Waals surface area contributed by atoms with Gasteiger partial charge < -0.3 is 14.1 Å². The molecule has 0 spiro atoms. The largest absolute Gasteiger partial charge is 0.479 e. The minimum Gasteiger partial charge on any atom is -0.479 e. The monoisotopic (exact) mass is 371 g/mol. The van der Waals surface area contributed by atoms with Gasteiger partial charge in [-0.15, -0.1) is 10.2 Å². The number of nitrogens with zero attached hydrogens (tertiary/aromatic N) is 5. The first-order valence-electron chi connectivity index (χ1n) is 8.25. The lowest BCUT2D eigenvalue weighted by atomic mass is 10.1. The van der Waals surface area contributed by atoms with Crippen LogP contribution in [0.5, 0.6) is 5.88 Å². The van der Waals surface area contributed by atoms with Gasteiger partial charge in [0.05, 0.1) is 19.9 Å². The van der Waals surface area contributed by atoms with Crippen molar-refractivity contribution in [3.63, 3.8) is 0 Å². The van der Waals surface area contributed by atoms with Crippen LogP contribution in [0.4, 0.5) is 4.39 Å². The van der Waals surface area contributed by atoms with E-state index in [1.165, 1.54) is 12.0 Å². The van der Waals surface area contributed by atoms with Crippen LogP contribution < -0.4 is 4.74 Å². The fourth-order valence-corrected chi connectivity index (χ4v) is 2.42. The summed E-state index contributed by atoms with van der Waals surface area (Å²) in [6, 6.07) is 6.75. The molecule has 0 fully saturated rings. The maximum atomic E-state index is 13.5. The highest BCUT2D eigenvalue weighted by atomic mass is 19.1. The summed E-state index contributed by atoms with van der Waals surface area (Å²) in [6.45, 7) is 2.10. The summed E-state index contributed by atoms with van der Waals surface area (Å²) in [4.78, 5) is 22.1. The Labute approximate surface area is 155 Å². The van der Waals surface area contributed by atoms with Gasteiger partial charge in [-0.3, -0.25) is 4.79 Å². The van der Waals surface area contributed by atoms with E-state index in [0.29, 0.717) is 29.3 Å². The Morgan fingerprint density at radius 2 is 2.07 bits per heavy atom. The highest BCUT2D eigenvalue weighted by molar-refractivity contribution is 5.95. The number of benzene rings is 1. The van der Waals surface area contributed by atoms with Crippen molar-refractivity contribution in [1.29, 1.82) is 0 Å². The summed E-state index contributed by atoms with van der Waals surface area (Å²) in [5.41, 5.74) is 0.996. The number of aryl methyl sites for hydroxylation is 1. The lowest BCUT2D eigenvalue weighted by Crippen LogP contribution is -2.26. The van der Waals surface area contributed by atoms with Crippen LogP contribution >= 0.6 is 0 Å². The molecule has 8 nitrogen and oxygen atoms in total. The highest BCUT2D eigenvalue weighted by Gasteiger charge is 2.17. The van der Waals surface area contributed by atoms with Crippen LogP contribution in [0, 0.1) is 5.82 Å². The van der Waals surface area contributed by atoms with E-state index in [0.717, 1.165) is 6.20 Å². The van der Waals surface area contributed by atoms with Gasteiger partial charge in [0.25, 0.3) is 11.8 Å². The van der Waals surface area contributed by atoms with Crippen LogP contribution in [0.1, 0.15) is 29.1 Å². The van der Waals surface area contributed by atoms with Crippen molar-refractivity contribution in [1.82, 2.24) is 25.1 Å². The van der Waals surface area contributed by atoms with Gasteiger partial charge in [0, 0.05) is 24.6 Å². The molecule has 3 rings (SSSR count). The van der Waals surface area contributed by atoms with Gasteiger partial charge in [0.15, 0.2) is 5.82 Å². The van der Waals surface area contributed by atoms with E-state index in [1.807, 2.05) is 6.92 Å². The molecule has 9 heteroatoms. The van der Waals surface area contributed by atoms with Crippen LogP contribution in [0.15, 0.2) is 34.9 Å². The van der Waals surface area contributed by atoms with E-state index < -0.39 is 5.82 Å². The number of methoxy groups -OCH3 is 1. The highest BCUT2D eigenvalue weighted by Crippen LogP contribution is 2.21. The molecule has 0 unspecified atom stereocenters. The Hall–Kier alpha value is -3.36. The number of carbonyl (C=O) groups excluding carboxylic acids is 1. The van der Waals surface area contributed by atoms with Gasteiger partial charge in [0.1, 0.15) is 0 Å². The third-order valence-electron chi connectivity index (χ3n) is 3.80. The van der Waals surface area contributed by atoms with Gasteiger partial charge in [-0.1, -0.05) is 19.1 Å². The van der Waals surface area contributed by atoms with Gasteiger partial charge in [-0.25, -0.2) is 4.98 Å². The third-order valence-corrected chi connectivity index (χ3v) is 3.80. The summed E-state index contributed by atoms with van der Waals surface area (Å²) in [6.07, 6.45) is 1.66. The Kier molecular flexibility index (Phi) is 5.39. The van der Waals surface area contributed by atoms with Crippen molar-refractivity contribution in [2.75, 3.05) is 14.2 Å². The van der Waals surface area contributed by atoms with Crippen molar-refractivity contribution in [2.45, 2.75) is 19.9 Å². The Bertz CT molecular complexity index is 960. The first kappa shape index (κ1) is 18.4. The van der Waals surface area contributed by atoms with Crippen LogP contribution in [0.2, 0.25) is 0 Å². The number of halogens is 1. The summed E-state index contributed by atoms with van der Waals surface area (Å²) in [5.74, 6) is 0.106. The topological polar surface area (TPSA) is 94.2 Å². The maximum absolute atomic E-state index is 13.5. The second-order valence-electron chi connectivity index (χ2n) is 5.74. The standard InChI is InChI=1S/C18H18FN5O3/c1-4-14-22-23-15(27-14)10-24(2)18(25)12-7-5-6-11(8-12)16-20-9-13(19)17(21-16)26-3/h5-9H,4,10H2,1-3H3. The molecule has 0 aliphatic rings. The SMILES string of the molecule is CCc1nnc(CN(C)C(=O)c2cccc(-c3ncc(F)c(OC)n3)c2)o1. The minimum atomic E-state index is -0.653. The molecule has 0 aliphatic carbocycles. The number of ether oxygens (including phenoxy) is 1. The van der Waals surface area contributed by atoms with Crippen molar-refractivity contribution >= 4 is 5.91 Å². The molecular weight excluding hydrogens is 353 g/mol. The predicted octanol–water partition coefficient (Wildman–Crippen LogP) is 2.51. The van der Waals surface area contributed by atoms with E-state index in [2.05, 4.69) is 20.2 Å². The van der Waals surface area contributed by atoms with Gasteiger partial charge in [-0.2, -0.15) is 9.37 Å². The van der Waals surface area contributed by atoms with Crippen molar-refractivity contribution in [3.8, 4) is 17.3 Å². The molecule has 0 saturated carbocycles. The summed E-state index contributed by atoms with van der Waals surface area (Å²) in [5, 5.41) is 7.80. The van der Waals surface area contributed by atoms with Gasteiger partial charge in [-0.05, 0) is 12.1 Å². The van der Waals surface area contributed by atoms with E-state index >= 15 is 0 Å². The molecule has 1 aromatic carbocycles. The Balaban J connectivity index is 1.80. The minimum absolute atomic E-state index is 0.156. The molecule has 0 bridgehead atoms. The fourth-order valence-electron chi connectivity index (χ4n) is 2.42. The van der Waals surface area contributed by atoms with Crippen molar-refractivity contribution in [2.24, 2.45) is 0 Å². The average Bonchev–Trinajstić information content (AvgIpc) is 3.15. The van der Waals surface area contributed by atoms with Crippen LogP contribution in [0.3, 0.4) is 0 Å². The van der Waals surface area contributed by atoms with E-state index in [1.54, 1.807) is 31.3 Å².